The van der Waals surface area contributed by atoms with Gasteiger partial charge in [-0.1, -0.05) is 44.5 Å². The molecule has 3 amide bonds. The van der Waals surface area contributed by atoms with Gasteiger partial charge in [0, 0.05) is 54.1 Å². The van der Waals surface area contributed by atoms with Gasteiger partial charge in [-0.15, -0.1) is 0 Å². The summed E-state index contributed by atoms with van der Waals surface area (Å²) in [6.07, 6.45) is 0.372. The molecular formula is C34H48ClN4O4+. The smallest absolute Gasteiger partial charge is 0.319 e. The van der Waals surface area contributed by atoms with E-state index >= 15 is 0 Å². The number of rotatable bonds is 6. The summed E-state index contributed by atoms with van der Waals surface area (Å²) in [5.41, 5.74) is 0.991. The molecule has 0 aliphatic carbocycles. The minimum absolute atomic E-state index is 0.0284. The average Bonchev–Trinajstić information content (AvgIpc) is 3.55. The summed E-state index contributed by atoms with van der Waals surface area (Å²) in [6.45, 7) is 13.8. The topological polar surface area (TPSA) is 79.0 Å². The Hall–Kier alpha value is -2.94. The molecule has 2 aliphatic heterocycles. The molecule has 0 saturated carbocycles. The van der Waals surface area contributed by atoms with Crippen LogP contribution in [0.4, 0.5) is 5.69 Å². The van der Waals surface area contributed by atoms with Crippen molar-refractivity contribution in [3.63, 3.8) is 0 Å². The standard InChI is InChI=1S/C34H47ClN4O4/c1-33(2,3)32(42)38(24-14-16-26(43-9)17-15-24)25-18-29(30(40)36-7)39(8,21-25)31(41)28-20-37(34(4,5)6)19-27(28)22-10-12-23(35)13-11-22/h10-17,25,27-29H,18-21H2,1-9H3/p+1/t25?,27-,28+,29-,39?/m0/s1. The van der Waals surface area contributed by atoms with Crippen molar-refractivity contribution in [3.8, 4) is 5.75 Å². The van der Waals surface area contributed by atoms with E-state index in [-0.39, 0.29) is 45.6 Å². The lowest BCUT2D eigenvalue weighted by atomic mass is 9.87. The van der Waals surface area contributed by atoms with E-state index < -0.39 is 11.5 Å². The molecule has 2 saturated heterocycles. The van der Waals surface area contributed by atoms with E-state index in [1.165, 1.54) is 0 Å². The maximum Gasteiger partial charge on any atom is 0.319 e. The molecular weight excluding hydrogens is 564 g/mol. The third-order valence-corrected chi connectivity index (χ3v) is 9.54. The van der Waals surface area contributed by atoms with Gasteiger partial charge in [0.25, 0.3) is 5.91 Å². The van der Waals surface area contributed by atoms with Gasteiger partial charge in [-0.25, -0.2) is 4.79 Å². The van der Waals surface area contributed by atoms with Gasteiger partial charge in [0.05, 0.1) is 26.1 Å². The van der Waals surface area contributed by atoms with Crippen molar-refractivity contribution in [1.82, 2.24) is 10.2 Å². The van der Waals surface area contributed by atoms with E-state index in [4.69, 9.17) is 16.3 Å². The maximum atomic E-state index is 14.9. The van der Waals surface area contributed by atoms with Crippen LogP contribution in [0, 0.1) is 11.3 Å². The molecule has 234 valence electrons. The molecule has 0 spiro atoms. The summed E-state index contributed by atoms with van der Waals surface area (Å²) in [6, 6.07) is 14.2. The zero-order valence-electron chi connectivity index (χ0n) is 27.1. The van der Waals surface area contributed by atoms with E-state index in [1.807, 2.05) is 76.3 Å². The second kappa shape index (κ2) is 12.2. The van der Waals surface area contributed by atoms with Gasteiger partial charge in [0.15, 0.2) is 6.04 Å². The highest BCUT2D eigenvalue weighted by Crippen LogP contribution is 2.42. The first-order chi connectivity index (χ1) is 20.0. The van der Waals surface area contributed by atoms with Gasteiger partial charge in [-0.2, -0.15) is 0 Å². The molecule has 4 rings (SSSR count). The summed E-state index contributed by atoms with van der Waals surface area (Å²) in [5, 5.41) is 3.46. The van der Waals surface area contributed by atoms with Crippen LogP contribution in [-0.4, -0.2) is 85.6 Å². The lowest BCUT2D eigenvalue weighted by Gasteiger charge is -2.37. The number of anilines is 1. The first kappa shape index (κ1) is 33.0. The third kappa shape index (κ3) is 6.61. The number of methoxy groups -OCH3 is 1. The van der Waals surface area contributed by atoms with Crippen LogP contribution in [0.2, 0.25) is 5.02 Å². The Bertz CT molecular complexity index is 1330. The lowest BCUT2D eigenvalue weighted by molar-refractivity contribution is -0.839. The predicted molar refractivity (Wildman–Crippen MR) is 171 cm³/mol. The first-order valence-corrected chi connectivity index (χ1v) is 15.5. The molecule has 0 radical (unpaired) electrons. The second-order valence-electron chi connectivity index (χ2n) is 14.3. The van der Waals surface area contributed by atoms with E-state index in [0.717, 1.165) is 17.8 Å². The highest BCUT2D eigenvalue weighted by Gasteiger charge is 2.59. The number of nitrogens with zero attached hydrogens (tertiary/aromatic N) is 3. The van der Waals surface area contributed by atoms with Gasteiger partial charge >= 0.3 is 5.91 Å². The fraction of sp³-hybridized carbons (Fsp3) is 0.559. The van der Waals surface area contributed by atoms with Crippen molar-refractivity contribution in [2.45, 2.75) is 71.5 Å². The SMILES string of the molecule is CNC(=O)[C@@H]1CC(N(C(=O)C(C)(C)C)c2ccc(OC)cc2)C[N+]1(C)C(=O)[C@@H]1CN(C(C)(C)C)C[C@H]1c1ccc(Cl)cc1. The van der Waals surface area contributed by atoms with Gasteiger partial charge in [0.1, 0.15) is 12.3 Å². The number of carbonyl (C=O) groups is 3. The molecule has 0 bridgehead atoms. The fourth-order valence-electron chi connectivity index (χ4n) is 6.72. The Morgan fingerprint density at radius 1 is 0.977 bits per heavy atom. The summed E-state index contributed by atoms with van der Waals surface area (Å²) >= 11 is 6.22. The van der Waals surface area contributed by atoms with Crippen LogP contribution in [0.1, 0.15) is 59.4 Å². The highest BCUT2D eigenvalue weighted by molar-refractivity contribution is 6.30. The molecule has 2 fully saturated rings. The Kier molecular flexibility index (Phi) is 9.36. The number of ether oxygens (including phenoxy) is 1. The molecule has 2 heterocycles. The minimum Gasteiger partial charge on any atom is -0.497 e. The summed E-state index contributed by atoms with van der Waals surface area (Å²) < 4.78 is 5.29. The number of quaternary nitrogens is 1. The van der Waals surface area contributed by atoms with Crippen molar-refractivity contribution in [2.75, 3.05) is 45.7 Å². The quantitative estimate of drug-likeness (QED) is 0.460. The monoisotopic (exact) mass is 611 g/mol. The van der Waals surface area contributed by atoms with Crippen LogP contribution in [0.15, 0.2) is 48.5 Å². The number of amides is 3. The Labute approximate surface area is 261 Å². The maximum absolute atomic E-state index is 14.9. The van der Waals surface area contributed by atoms with E-state index in [9.17, 15) is 14.4 Å². The molecule has 1 N–H and O–H groups in total. The Morgan fingerprint density at radius 3 is 2.09 bits per heavy atom. The van der Waals surface area contributed by atoms with Crippen LogP contribution < -0.4 is 15.0 Å². The van der Waals surface area contributed by atoms with Crippen molar-refractivity contribution in [1.29, 1.82) is 0 Å². The normalized spacial score (nSPS) is 26.3. The van der Waals surface area contributed by atoms with Crippen molar-refractivity contribution < 1.29 is 23.6 Å². The molecule has 9 heteroatoms. The van der Waals surface area contributed by atoms with Crippen LogP contribution in [0.3, 0.4) is 0 Å². The molecule has 2 aromatic carbocycles. The predicted octanol–water partition coefficient (Wildman–Crippen LogP) is 5.10. The van der Waals surface area contributed by atoms with Crippen LogP contribution in [0.25, 0.3) is 0 Å². The van der Waals surface area contributed by atoms with Crippen molar-refractivity contribution in [3.05, 3.63) is 59.1 Å². The van der Waals surface area contributed by atoms with E-state index in [2.05, 4.69) is 31.0 Å². The minimum atomic E-state index is -0.670. The van der Waals surface area contributed by atoms with E-state index in [0.29, 0.717) is 30.3 Å². The number of likely N-dealkylation sites (tertiary alicyclic amines) is 2. The van der Waals surface area contributed by atoms with Crippen molar-refractivity contribution >= 4 is 35.0 Å². The van der Waals surface area contributed by atoms with Gasteiger partial charge < -0.3 is 15.0 Å². The molecule has 5 atom stereocenters. The number of benzene rings is 2. The van der Waals surface area contributed by atoms with Gasteiger partial charge in [-0.3, -0.25) is 19.0 Å². The van der Waals surface area contributed by atoms with Crippen LogP contribution in [-0.2, 0) is 14.4 Å². The number of halogens is 1. The third-order valence-electron chi connectivity index (χ3n) is 9.29. The lowest BCUT2D eigenvalue weighted by Crippen LogP contribution is -2.61. The summed E-state index contributed by atoms with van der Waals surface area (Å²) in [7, 11) is 5.10. The van der Waals surface area contributed by atoms with Gasteiger partial charge in [-0.05, 0) is 62.7 Å². The van der Waals surface area contributed by atoms with Crippen LogP contribution in [0.5, 0.6) is 5.75 Å². The molecule has 2 aromatic rings. The number of likely N-dealkylation sites (N-methyl/N-ethyl adjacent to an activating group) is 2. The zero-order valence-corrected chi connectivity index (χ0v) is 27.9. The van der Waals surface area contributed by atoms with E-state index in [1.54, 1.807) is 19.1 Å². The van der Waals surface area contributed by atoms with Gasteiger partial charge in [0.2, 0.25) is 5.91 Å². The van der Waals surface area contributed by atoms with Crippen LogP contribution >= 0.6 is 11.6 Å². The Balaban J connectivity index is 1.76. The summed E-state index contributed by atoms with van der Waals surface area (Å²) in [4.78, 5) is 46.5. The fourth-order valence-corrected chi connectivity index (χ4v) is 6.85. The molecule has 8 nitrogen and oxygen atoms in total. The Morgan fingerprint density at radius 2 is 1.58 bits per heavy atom. The number of nitrogens with one attached hydrogen (secondary N) is 1. The molecule has 2 aliphatic rings. The number of hydrogen-bond donors (Lipinski definition) is 1. The number of carbonyl (C=O) groups excluding carboxylic acids is 3. The first-order valence-electron chi connectivity index (χ1n) is 15.1. The summed E-state index contributed by atoms with van der Waals surface area (Å²) in [5.74, 6) is 0.0974. The average molecular weight is 612 g/mol. The highest BCUT2D eigenvalue weighted by atomic mass is 35.5. The number of hydrogen-bond acceptors (Lipinski definition) is 5. The molecule has 2 unspecified atom stereocenters. The zero-order chi connectivity index (χ0) is 31.9. The second-order valence-corrected chi connectivity index (χ2v) is 14.7. The molecule has 0 aromatic heterocycles. The van der Waals surface area contributed by atoms with Crippen molar-refractivity contribution in [2.24, 2.45) is 11.3 Å². The largest absolute Gasteiger partial charge is 0.497 e. The molecule has 43 heavy (non-hydrogen) atoms.